The van der Waals surface area contributed by atoms with E-state index in [1.807, 2.05) is 0 Å². The zero-order valence-corrected chi connectivity index (χ0v) is 18.9. The van der Waals surface area contributed by atoms with E-state index in [9.17, 15) is 0 Å². The van der Waals surface area contributed by atoms with E-state index in [-0.39, 0.29) is 17.1 Å². The van der Waals surface area contributed by atoms with Crippen LogP contribution in [-0.4, -0.2) is 47.4 Å². The van der Waals surface area contributed by atoms with Crippen LogP contribution in [0.1, 0.15) is 0 Å². The summed E-state index contributed by atoms with van der Waals surface area (Å²) in [7, 11) is 0. The summed E-state index contributed by atoms with van der Waals surface area (Å²) in [6, 6.07) is 32.9. The van der Waals surface area contributed by atoms with Crippen molar-refractivity contribution in [2.75, 3.05) is 0 Å². The predicted octanol–water partition coefficient (Wildman–Crippen LogP) is 0.836. The number of carbonyl (C=O) groups excluding carboxylic acids is 4. The van der Waals surface area contributed by atoms with Crippen LogP contribution >= 0.6 is 0 Å². The summed E-state index contributed by atoms with van der Waals surface area (Å²) in [5.41, 5.74) is 0. The van der Waals surface area contributed by atoms with Gasteiger partial charge in [0.15, 0.2) is 0 Å². The number of hydrogen-bond donors (Lipinski definition) is 0. The van der Waals surface area contributed by atoms with Crippen LogP contribution in [0.25, 0.3) is 0 Å². The zero-order valence-electron chi connectivity index (χ0n) is 15.0. The molecule has 0 spiro atoms. The predicted molar refractivity (Wildman–Crippen MR) is 112 cm³/mol. The van der Waals surface area contributed by atoms with Crippen molar-refractivity contribution in [3.05, 3.63) is 91.0 Å². The molecule has 3 rings (SSSR count). The summed E-state index contributed by atoms with van der Waals surface area (Å²) >= 11 is -1.98. The second-order valence-electron chi connectivity index (χ2n) is 4.47. The average Bonchev–Trinajstić information content (AvgIpc) is 2.82. The number of hydrogen-bond acceptors (Lipinski definition) is 4. The molecule has 6 heteroatoms. The molecular formula is C22H20FeO4Sb. The molecule has 0 atom stereocenters. The van der Waals surface area contributed by atoms with Crippen LogP contribution in [0, 0.1) is 0 Å². The third kappa shape index (κ3) is 10.7. The molecule has 0 heterocycles. The van der Waals surface area contributed by atoms with Gasteiger partial charge in [0.1, 0.15) is 0 Å². The van der Waals surface area contributed by atoms with Crippen LogP contribution in [0.4, 0.5) is 0 Å². The Morgan fingerprint density at radius 2 is 0.571 bits per heavy atom. The fraction of sp³-hybridized carbons (Fsp3) is 0. The first kappa shape index (κ1) is 30.4. The first-order chi connectivity index (χ1) is 13.4. The van der Waals surface area contributed by atoms with Gasteiger partial charge in [-0.25, -0.2) is 0 Å². The van der Waals surface area contributed by atoms with Crippen molar-refractivity contribution >= 4 is 57.9 Å². The third-order valence-electron chi connectivity index (χ3n) is 3.19. The standard InChI is InChI=1S/3C6H5.4CHO.Fe.Sb.H/c3*1-2-4-6-5-3-1;4*1-2;;;/h3*1-5H;4*1H;;;/q;;;4*-1;+4;;. The van der Waals surface area contributed by atoms with Crippen molar-refractivity contribution in [1.82, 2.24) is 0 Å². The van der Waals surface area contributed by atoms with Gasteiger partial charge in [-0.05, 0) is 0 Å². The minimum atomic E-state index is -1.98. The molecule has 0 bridgehead atoms. The Bertz CT molecular complexity index is 598. The first-order valence-electron chi connectivity index (χ1n) is 7.42. The molecule has 0 aromatic heterocycles. The van der Waals surface area contributed by atoms with E-state index < -0.39 is 20.2 Å². The van der Waals surface area contributed by atoms with Crippen LogP contribution in [0.2, 0.25) is 0 Å². The van der Waals surface area contributed by atoms with Crippen LogP contribution in [-0.2, 0) is 36.2 Å². The topological polar surface area (TPSA) is 68.3 Å². The van der Waals surface area contributed by atoms with Crippen LogP contribution < -0.4 is 10.5 Å². The van der Waals surface area contributed by atoms with E-state index in [2.05, 4.69) is 118 Å². The van der Waals surface area contributed by atoms with Gasteiger partial charge in [0.05, 0.1) is 0 Å². The van der Waals surface area contributed by atoms with E-state index in [4.69, 9.17) is 19.2 Å². The number of rotatable bonds is 3. The van der Waals surface area contributed by atoms with Crippen molar-refractivity contribution < 1.29 is 36.2 Å². The van der Waals surface area contributed by atoms with E-state index in [0.29, 0.717) is 0 Å². The van der Waals surface area contributed by atoms with Gasteiger partial charge in [-0.3, -0.25) is 27.2 Å². The molecule has 0 saturated heterocycles. The van der Waals surface area contributed by atoms with Gasteiger partial charge >= 0.3 is 139 Å². The quantitative estimate of drug-likeness (QED) is 0.289. The maximum absolute atomic E-state index is 7.75. The Labute approximate surface area is 184 Å². The molecule has 3 aromatic carbocycles. The van der Waals surface area contributed by atoms with Crippen molar-refractivity contribution in [2.24, 2.45) is 0 Å². The molecule has 4 nitrogen and oxygen atoms in total. The van der Waals surface area contributed by atoms with Crippen molar-refractivity contribution in [3.63, 3.8) is 0 Å². The molecule has 0 aliphatic rings. The van der Waals surface area contributed by atoms with E-state index in [1.54, 1.807) is 0 Å². The van der Waals surface area contributed by atoms with Gasteiger partial charge < -0.3 is 19.2 Å². The van der Waals surface area contributed by atoms with E-state index in [1.165, 1.54) is 10.5 Å². The summed E-state index contributed by atoms with van der Waals surface area (Å²) in [6.45, 7) is 13.0. The molecule has 28 heavy (non-hydrogen) atoms. The minimum absolute atomic E-state index is 0. The summed E-state index contributed by atoms with van der Waals surface area (Å²) in [6.07, 6.45) is 0. The Kier molecular flexibility index (Phi) is 24.7. The molecule has 0 aliphatic carbocycles. The van der Waals surface area contributed by atoms with Gasteiger partial charge in [0.2, 0.25) is 0 Å². The van der Waals surface area contributed by atoms with Crippen molar-refractivity contribution in [1.29, 1.82) is 0 Å². The molecule has 3 aromatic rings. The normalized spacial score (nSPS) is 7.75. The van der Waals surface area contributed by atoms with E-state index >= 15 is 0 Å². The second kappa shape index (κ2) is 22.7. The van der Waals surface area contributed by atoms with Gasteiger partial charge in [0.25, 0.3) is 0 Å². The summed E-state index contributed by atoms with van der Waals surface area (Å²) < 4.78 is 4.59. The molecule has 1 radical (unpaired) electrons. The fourth-order valence-electron chi connectivity index (χ4n) is 2.31. The van der Waals surface area contributed by atoms with Gasteiger partial charge in [-0.15, -0.1) is 0 Å². The molecule has 0 aliphatic heterocycles. The summed E-state index contributed by atoms with van der Waals surface area (Å²) in [4.78, 5) is 31.0. The molecule has 0 amide bonds. The van der Waals surface area contributed by atoms with E-state index in [0.717, 1.165) is 0 Å². The Morgan fingerprint density at radius 3 is 0.750 bits per heavy atom. The Balaban J connectivity index is -0.000000622. The zero-order chi connectivity index (χ0) is 20.9. The molecule has 0 N–H and O–H groups in total. The van der Waals surface area contributed by atoms with Crippen LogP contribution in [0.3, 0.4) is 0 Å². The van der Waals surface area contributed by atoms with Gasteiger partial charge in [0, 0.05) is 0 Å². The monoisotopic (exact) mass is 525 g/mol. The Hall–Kier alpha value is -2.32. The molecule has 0 saturated carbocycles. The Morgan fingerprint density at radius 1 is 0.393 bits per heavy atom. The second-order valence-corrected chi connectivity index (χ2v) is 11.6. The SMILES string of the molecule is [CH-]=O.[CH-]=O.[CH-]=O.[CH-]=O.[Fe+4].c1cc[c]([SbH]([c]2ccccc2)[c]2ccccc2)cc1. The number of benzene rings is 3. The summed E-state index contributed by atoms with van der Waals surface area (Å²) in [5, 5.41) is 0. The van der Waals surface area contributed by atoms with Crippen molar-refractivity contribution in [2.45, 2.75) is 0 Å². The van der Waals surface area contributed by atoms with Crippen LogP contribution in [0.5, 0.6) is 0 Å². The molecule has 0 unspecified atom stereocenters. The first-order valence-corrected chi connectivity index (χ1v) is 11.7. The molecule has 145 valence electrons. The van der Waals surface area contributed by atoms with Gasteiger partial charge in [-0.2, -0.15) is 0 Å². The maximum atomic E-state index is 7.75. The summed E-state index contributed by atoms with van der Waals surface area (Å²) in [5.74, 6) is 0. The third-order valence-corrected chi connectivity index (χ3v) is 11.0. The average molecular weight is 526 g/mol. The molecule has 0 fully saturated rings. The fourth-order valence-corrected chi connectivity index (χ4v) is 9.67. The van der Waals surface area contributed by atoms with Gasteiger partial charge in [-0.1, -0.05) is 0 Å². The van der Waals surface area contributed by atoms with Crippen molar-refractivity contribution in [3.8, 4) is 0 Å². The molecular weight excluding hydrogens is 506 g/mol. The van der Waals surface area contributed by atoms with Crippen LogP contribution in [0.15, 0.2) is 91.0 Å².